The van der Waals surface area contributed by atoms with Gasteiger partial charge < -0.3 is 8.83 Å². The highest BCUT2D eigenvalue weighted by atomic mass is 16.3. The molecule has 1 aliphatic carbocycles. The van der Waals surface area contributed by atoms with E-state index in [1.54, 1.807) is 0 Å². The molecule has 11 aromatic rings. The number of allylic oxidation sites excluding steroid dienone is 1. The third-order valence-corrected chi connectivity index (χ3v) is 11.6. The van der Waals surface area contributed by atoms with Crippen molar-refractivity contribution in [3.63, 3.8) is 0 Å². The quantitative estimate of drug-likeness (QED) is 0.176. The van der Waals surface area contributed by atoms with Crippen molar-refractivity contribution in [3.05, 3.63) is 193 Å². The molecule has 12 rings (SSSR count). The maximum Gasteiger partial charge on any atom is 0.164 e. The highest BCUT2D eigenvalue weighted by Gasteiger charge is 2.26. The maximum atomic E-state index is 6.75. The second-order valence-electron chi connectivity index (χ2n) is 15.0. The molecule has 5 nitrogen and oxygen atoms in total. The Kier molecular flexibility index (Phi) is 7.29. The number of rotatable bonds is 5. The van der Waals surface area contributed by atoms with Crippen LogP contribution in [0.3, 0.4) is 0 Å². The summed E-state index contributed by atoms with van der Waals surface area (Å²) in [4.78, 5) is 15.6. The van der Waals surface area contributed by atoms with Gasteiger partial charge in [-0.2, -0.15) is 0 Å². The Morgan fingerprint density at radius 1 is 0.414 bits per heavy atom. The first-order valence-electron chi connectivity index (χ1n) is 19.7. The number of nitrogens with zero attached hydrogens (tertiary/aromatic N) is 3. The number of aromatic nitrogens is 3. The highest BCUT2D eigenvalue weighted by molar-refractivity contribution is 6.19. The fourth-order valence-electron chi connectivity index (χ4n) is 8.92. The van der Waals surface area contributed by atoms with Crippen LogP contribution in [0.1, 0.15) is 23.6 Å². The van der Waals surface area contributed by atoms with E-state index in [1.165, 1.54) is 10.8 Å². The molecule has 0 amide bonds. The summed E-state index contributed by atoms with van der Waals surface area (Å²) in [7, 11) is 0. The van der Waals surface area contributed by atoms with Gasteiger partial charge >= 0.3 is 0 Å². The standard InChI is InChI=1S/C53H33N3O2/c1-2-14-33(15-3-1)51-54-52(56-53(55-51)44-21-12-24-47-48(44)42-19-8-10-22-45(42)57-47)41-30-28-39(37-17-6-7-18-38(37)41)40-29-27-36(35-26-25-32-13-4-5-16-34(32)31-35)50-49(40)43-20-9-11-23-46(43)58-50/h1-11,13-23,25-31H,12,24H2. The first-order valence-corrected chi connectivity index (χ1v) is 19.7. The van der Waals surface area contributed by atoms with Crippen LogP contribution in [0.25, 0.3) is 105 Å². The van der Waals surface area contributed by atoms with Gasteiger partial charge in [-0.3, -0.25) is 0 Å². The highest BCUT2D eigenvalue weighted by Crippen LogP contribution is 2.45. The molecule has 3 aromatic heterocycles. The average molecular weight is 744 g/mol. The number of furan rings is 2. The van der Waals surface area contributed by atoms with Gasteiger partial charge in [0.2, 0.25) is 0 Å². The maximum absolute atomic E-state index is 6.75. The molecular weight excluding hydrogens is 711 g/mol. The molecule has 0 N–H and O–H groups in total. The van der Waals surface area contributed by atoms with Crippen LogP contribution in [0.2, 0.25) is 0 Å². The molecule has 0 atom stereocenters. The number of para-hydroxylation sites is 2. The van der Waals surface area contributed by atoms with E-state index >= 15 is 0 Å². The fraction of sp³-hybridized carbons (Fsp3) is 0.0377. The number of aryl methyl sites for hydroxylation is 1. The number of hydrogen-bond acceptors (Lipinski definition) is 5. The van der Waals surface area contributed by atoms with Crippen molar-refractivity contribution in [2.24, 2.45) is 0 Å². The molecule has 8 aromatic carbocycles. The summed E-state index contributed by atoms with van der Waals surface area (Å²) in [5.41, 5.74) is 11.0. The van der Waals surface area contributed by atoms with Gasteiger partial charge in [-0.25, -0.2) is 15.0 Å². The van der Waals surface area contributed by atoms with Gasteiger partial charge in [-0.1, -0.05) is 146 Å². The van der Waals surface area contributed by atoms with E-state index in [9.17, 15) is 0 Å². The summed E-state index contributed by atoms with van der Waals surface area (Å²) in [5, 5.41) is 7.84. The predicted octanol–water partition coefficient (Wildman–Crippen LogP) is 13.9. The molecule has 0 bridgehead atoms. The minimum Gasteiger partial charge on any atom is -0.460 e. The topological polar surface area (TPSA) is 65.0 Å². The van der Waals surface area contributed by atoms with Crippen LogP contribution in [0.5, 0.6) is 0 Å². The van der Waals surface area contributed by atoms with E-state index in [4.69, 9.17) is 23.8 Å². The lowest BCUT2D eigenvalue weighted by Crippen LogP contribution is -2.06. The van der Waals surface area contributed by atoms with Gasteiger partial charge in [-0.15, -0.1) is 0 Å². The monoisotopic (exact) mass is 743 g/mol. The number of fused-ring (bicyclic) bond motifs is 8. The molecule has 58 heavy (non-hydrogen) atoms. The van der Waals surface area contributed by atoms with Gasteiger partial charge in [0.25, 0.3) is 0 Å². The molecule has 0 unspecified atom stereocenters. The van der Waals surface area contributed by atoms with Crippen LogP contribution >= 0.6 is 0 Å². The lowest BCUT2D eigenvalue weighted by atomic mass is 9.90. The summed E-state index contributed by atoms with van der Waals surface area (Å²) in [6, 6.07) is 59.3. The summed E-state index contributed by atoms with van der Waals surface area (Å²) in [5.74, 6) is 2.87. The third kappa shape index (κ3) is 5.14. The second-order valence-corrected chi connectivity index (χ2v) is 15.0. The van der Waals surface area contributed by atoms with Gasteiger partial charge in [0.15, 0.2) is 17.5 Å². The first-order chi connectivity index (χ1) is 28.7. The second kappa shape index (κ2) is 13.0. The lowest BCUT2D eigenvalue weighted by Gasteiger charge is -2.16. The largest absolute Gasteiger partial charge is 0.460 e. The van der Waals surface area contributed by atoms with Gasteiger partial charge in [-0.05, 0) is 75.0 Å². The van der Waals surface area contributed by atoms with Crippen LogP contribution in [0.15, 0.2) is 185 Å². The molecule has 1 aliphatic rings. The SMILES string of the molecule is C1=C(c2nc(-c3ccccc3)nc(-c3ccc(-c4ccc(-c5ccc6ccccc6c5)c5oc6ccccc6c45)c4ccccc34)n2)c2c(oc3ccccc23)CC1. The minimum atomic E-state index is 0.623. The van der Waals surface area contributed by atoms with Gasteiger partial charge in [0, 0.05) is 50.4 Å². The van der Waals surface area contributed by atoms with Crippen molar-refractivity contribution in [2.45, 2.75) is 12.8 Å². The van der Waals surface area contributed by atoms with Crippen molar-refractivity contribution in [1.82, 2.24) is 15.0 Å². The minimum absolute atomic E-state index is 0.623. The van der Waals surface area contributed by atoms with Crippen LogP contribution in [-0.2, 0) is 6.42 Å². The Balaban J connectivity index is 1.06. The zero-order chi connectivity index (χ0) is 38.2. The molecule has 0 saturated heterocycles. The predicted molar refractivity (Wildman–Crippen MR) is 235 cm³/mol. The van der Waals surface area contributed by atoms with Gasteiger partial charge in [0.05, 0.1) is 0 Å². The van der Waals surface area contributed by atoms with E-state index in [0.717, 1.165) is 107 Å². The molecule has 5 heteroatoms. The Bertz CT molecular complexity index is 3470. The van der Waals surface area contributed by atoms with E-state index in [1.807, 2.05) is 36.4 Å². The Morgan fingerprint density at radius 3 is 1.88 bits per heavy atom. The van der Waals surface area contributed by atoms with Crippen molar-refractivity contribution in [2.75, 3.05) is 0 Å². The summed E-state index contributed by atoms with van der Waals surface area (Å²) >= 11 is 0. The summed E-state index contributed by atoms with van der Waals surface area (Å²) in [6.45, 7) is 0. The summed E-state index contributed by atoms with van der Waals surface area (Å²) in [6.07, 6.45) is 3.94. The van der Waals surface area contributed by atoms with Crippen molar-refractivity contribution in [1.29, 1.82) is 0 Å². The third-order valence-electron chi connectivity index (χ3n) is 11.6. The summed E-state index contributed by atoms with van der Waals surface area (Å²) < 4.78 is 13.1. The lowest BCUT2D eigenvalue weighted by molar-refractivity contribution is 0.545. The van der Waals surface area contributed by atoms with E-state index in [2.05, 4.69) is 140 Å². The molecule has 272 valence electrons. The zero-order valence-corrected chi connectivity index (χ0v) is 31.3. The smallest absolute Gasteiger partial charge is 0.164 e. The zero-order valence-electron chi connectivity index (χ0n) is 31.3. The average Bonchev–Trinajstić information content (AvgIpc) is 3.88. The van der Waals surface area contributed by atoms with Crippen LogP contribution in [-0.4, -0.2) is 15.0 Å². The van der Waals surface area contributed by atoms with Gasteiger partial charge in [0.1, 0.15) is 22.5 Å². The van der Waals surface area contributed by atoms with E-state index < -0.39 is 0 Å². The van der Waals surface area contributed by atoms with Crippen molar-refractivity contribution < 1.29 is 8.83 Å². The molecule has 0 fully saturated rings. The fourth-order valence-corrected chi connectivity index (χ4v) is 8.92. The van der Waals surface area contributed by atoms with E-state index in [0.29, 0.717) is 17.5 Å². The van der Waals surface area contributed by atoms with Crippen molar-refractivity contribution >= 4 is 60.0 Å². The number of benzene rings is 8. The molecule has 3 heterocycles. The molecule has 0 aliphatic heterocycles. The molecule has 0 spiro atoms. The van der Waals surface area contributed by atoms with Crippen molar-refractivity contribution in [3.8, 4) is 45.0 Å². The first kappa shape index (κ1) is 32.6. The molecule has 0 radical (unpaired) electrons. The molecular formula is C53H33N3O2. The Morgan fingerprint density at radius 2 is 1.03 bits per heavy atom. The van der Waals surface area contributed by atoms with Crippen LogP contribution < -0.4 is 0 Å². The number of hydrogen-bond donors (Lipinski definition) is 0. The Labute approximate surface area is 333 Å². The van der Waals surface area contributed by atoms with E-state index in [-0.39, 0.29) is 0 Å². The normalized spacial score (nSPS) is 12.8. The van der Waals surface area contributed by atoms with Crippen LogP contribution in [0.4, 0.5) is 0 Å². The molecule has 0 saturated carbocycles. The van der Waals surface area contributed by atoms with Crippen LogP contribution in [0, 0.1) is 0 Å². The Hall–Kier alpha value is -7.63.